The summed E-state index contributed by atoms with van der Waals surface area (Å²) in [5.41, 5.74) is -2.25. The lowest BCUT2D eigenvalue weighted by Gasteiger charge is -2.31. The largest absolute Gasteiger partial charge is 0.431 e. The van der Waals surface area contributed by atoms with Crippen molar-refractivity contribution in [1.29, 1.82) is 0 Å². The number of hydrogen-bond acceptors (Lipinski definition) is 3. The molecule has 0 aliphatic carbocycles. The number of hydrogen-bond donors (Lipinski definition) is 1. The number of aryl methyl sites for hydroxylation is 1. The summed E-state index contributed by atoms with van der Waals surface area (Å²) in [4.78, 5) is 12.9. The first-order chi connectivity index (χ1) is 14.1. The van der Waals surface area contributed by atoms with Crippen LogP contribution in [0, 0.1) is 0 Å². The van der Waals surface area contributed by atoms with Gasteiger partial charge in [0.25, 0.3) is 5.91 Å². The monoisotopic (exact) mass is 438 g/mol. The first-order valence-corrected chi connectivity index (χ1v) is 10.1. The van der Waals surface area contributed by atoms with Gasteiger partial charge in [0.05, 0.1) is 6.42 Å². The number of amides is 1. The minimum Gasteiger partial charge on any atom is -0.365 e. The lowest BCUT2D eigenvalue weighted by Crippen LogP contribution is -2.43. The van der Waals surface area contributed by atoms with Crippen molar-refractivity contribution in [2.75, 3.05) is 0 Å². The third kappa shape index (κ3) is 4.68. The predicted octanol–water partition coefficient (Wildman–Crippen LogP) is 5.68. The molecule has 8 heteroatoms. The minimum absolute atomic E-state index is 0.0317. The molecule has 2 aromatic carbocycles. The van der Waals surface area contributed by atoms with Crippen LogP contribution in [0.4, 0.5) is 13.2 Å². The molecule has 1 aliphatic heterocycles. The Morgan fingerprint density at radius 3 is 2.50 bits per heavy atom. The molecule has 0 radical (unpaired) electrons. The van der Waals surface area contributed by atoms with Crippen molar-refractivity contribution in [1.82, 2.24) is 5.01 Å². The Hall–Kier alpha value is -2.38. The maximum Gasteiger partial charge on any atom is 0.431 e. The molecule has 0 spiro atoms. The zero-order valence-electron chi connectivity index (χ0n) is 16.4. The first kappa shape index (κ1) is 22.3. The van der Waals surface area contributed by atoms with E-state index in [0.29, 0.717) is 5.01 Å². The van der Waals surface area contributed by atoms with Crippen LogP contribution in [0.25, 0.3) is 0 Å². The van der Waals surface area contributed by atoms with Gasteiger partial charge in [-0.25, -0.2) is 0 Å². The van der Waals surface area contributed by atoms with E-state index in [9.17, 15) is 23.1 Å². The fraction of sp³-hybridized carbons (Fsp3) is 0.364. The number of aliphatic hydroxyl groups is 1. The third-order valence-electron chi connectivity index (χ3n) is 5.06. The van der Waals surface area contributed by atoms with Crippen LogP contribution < -0.4 is 0 Å². The second-order valence-electron chi connectivity index (χ2n) is 7.32. The van der Waals surface area contributed by atoms with E-state index in [0.717, 1.165) is 31.2 Å². The zero-order valence-corrected chi connectivity index (χ0v) is 17.2. The van der Waals surface area contributed by atoms with Crippen molar-refractivity contribution in [3.8, 4) is 0 Å². The highest BCUT2D eigenvalue weighted by molar-refractivity contribution is 6.31. The SMILES string of the molecule is CCCCCc1ccc([C@]2(O)CC(C(F)(F)F)=NN2C(=O)c2cccc(Cl)c2)cc1. The van der Waals surface area contributed by atoms with Crippen LogP contribution in [-0.2, 0) is 12.1 Å². The van der Waals surface area contributed by atoms with E-state index < -0.39 is 29.9 Å². The van der Waals surface area contributed by atoms with Gasteiger partial charge in [-0.3, -0.25) is 4.79 Å². The van der Waals surface area contributed by atoms with Gasteiger partial charge in [-0.2, -0.15) is 23.3 Å². The Kier molecular flexibility index (Phi) is 6.53. The molecular weight excluding hydrogens is 417 g/mol. The Bertz CT molecular complexity index is 944. The molecule has 0 aromatic heterocycles. The van der Waals surface area contributed by atoms with E-state index >= 15 is 0 Å². The molecule has 4 nitrogen and oxygen atoms in total. The number of nitrogens with zero attached hydrogens (tertiary/aromatic N) is 2. The predicted molar refractivity (Wildman–Crippen MR) is 109 cm³/mol. The van der Waals surface area contributed by atoms with Gasteiger partial charge < -0.3 is 5.11 Å². The number of halogens is 4. The molecule has 160 valence electrons. The van der Waals surface area contributed by atoms with E-state index in [2.05, 4.69) is 12.0 Å². The number of rotatable bonds is 6. The summed E-state index contributed by atoms with van der Waals surface area (Å²) in [7, 11) is 0. The molecule has 1 atom stereocenters. The van der Waals surface area contributed by atoms with Gasteiger partial charge in [0.1, 0.15) is 5.71 Å². The van der Waals surface area contributed by atoms with E-state index in [1.54, 1.807) is 24.3 Å². The van der Waals surface area contributed by atoms with Crippen molar-refractivity contribution >= 4 is 23.2 Å². The molecular formula is C22H22ClF3N2O2. The van der Waals surface area contributed by atoms with Gasteiger partial charge in [-0.15, -0.1) is 0 Å². The Morgan fingerprint density at radius 1 is 1.20 bits per heavy atom. The highest BCUT2D eigenvalue weighted by atomic mass is 35.5. The van der Waals surface area contributed by atoms with Gasteiger partial charge in [-0.05, 0) is 36.6 Å². The van der Waals surface area contributed by atoms with E-state index in [-0.39, 0.29) is 16.1 Å². The normalized spacial score (nSPS) is 19.1. The van der Waals surface area contributed by atoms with E-state index in [1.807, 2.05) is 0 Å². The van der Waals surface area contributed by atoms with Gasteiger partial charge in [0, 0.05) is 16.1 Å². The standard InChI is InChI=1S/C22H22ClF3N2O2/c1-2-3-4-6-15-9-11-17(12-10-15)21(30)14-19(22(24,25)26)27-28(21)20(29)16-7-5-8-18(23)13-16/h5,7-13,30H,2-4,6,14H2,1H3/t21-/m1/s1. The van der Waals surface area contributed by atoms with Crippen molar-refractivity contribution < 1.29 is 23.1 Å². The summed E-state index contributed by atoms with van der Waals surface area (Å²) < 4.78 is 40.1. The first-order valence-electron chi connectivity index (χ1n) is 9.71. The van der Waals surface area contributed by atoms with Gasteiger partial charge in [-0.1, -0.05) is 61.7 Å². The molecule has 1 amide bonds. The maximum atomic E-state index is 13.4. The van der Waals surface area contributed by atoms with Crippen molar-refractivity contribution in [2.24, 2.45) is 5.10 Å². The fourth-order valence-electron chi connectivity index (χ4n) is 3.40. The average molecular weight is 439 g/mol. The van der Waals surface area contributed by atoms with Crippen molar-refractivity contribution in [2.45, 2.75) is 50.9 Å². The lowest BCUT2D eigenvalue weighted by atomic mass is 9.94. The Balaban J connectivity index is 1.95. The van der Waals surface area contributed by atoms with Gasteiger partial charge in [0.15, 0.2) is 5.72 Å². The number of carbonyl (C=O) groups excluding carboxylic acids is 1. The molecule has 1 aliphatic rings. The summed E-state index contributed by atoms with van der Waals surface area (Å²) >= 11 is 5.91. The number of unbranched alkanes of at least 4 members (excludes halogenated alkanes) is 2. The molecule has 0 unspecified atom stereocenters. The molecule has 30 heavy (non-hydrogen) atoms. The molecule has 0 saturated heterocycles. The van der Waals surface area contributed by atoms with Crippen LogP contribution in [0.1, 0.15) is 54.1 Å². The van der Waals surface area contributed by atoms with Crippen LogP contribution >= 0.6 is 11.6 Å². The number of carbonyl (C=O) groups is 1. The zero-order chi connectivity index (χ0) is 21.9. The summed E-state index contributed by atoms with van der Waals surface area (Å²) in [6, 6.07) is 12.4. The number of hydrazone groups is 1. The number of alkyl halides is 3. The molecule has 2 aromatic rings. The van der Waals surface area contributed by atoms with Crippen LogP contribution in [0.15, 0.2) is 53.6 Å². The highest BCUT2D eigenvalue weighted by Gasteiger charge is 2.53. The lowest BCUT2D eigenvalue weighted by molar-refractivity contribution is -0.0816. The van der Waals surface area contributed by atoms with Crippen LogP contribution in [0.5, 0.6) is 0 Å². The highest BCUT2D eigenvalue weighted by Crippen LogP contribution is 2.40. The number of benzene rings is 2. The minimum atomic E-state index is -4.77. The Labute approximate surface area is 178 Å². The van der Waals surface area contributed by atoms with Crippen molar-refractivity contribution in [3.05, 3.63) is 70.2 Å². The van der Waals surface area contributed by atoms with Gasteiger partial charge in [0.2, 0.25) is 0 Å². The molecule has 1 N–H and O–H groups in total. The van der Waals surface area contributed by atoms with Crippen molar-refractivity contribution in [3.63, 3.8) is 0 Å². The van der Waals surface area contributed by atoms with E-state index in [1.165, 1.54) is 24.3 Å². The molecule has 0 bridgehead atoms. The van der Waals surface area contributed by atoms with Crippen LogP contribution in [0.3, 0.4) is 0 Å². The second kappa shape index (κ2) is 8.78. The summed E-state index contributed by atoms with van der Waals surface area (Å²) in [5, 5.41) is 15.4. The quantitative estimate of drug-likeness (QED) is 0.590. The van der Waals surface area contributed by atoms with Gasteiger partial charge >= 0.3 is 6.18 Å². The maximum absolute atomic E-state index is 13.4. The topological polar surface area (TPSA) is 52.9 Å². The van der Waals surface area contributed by atoms with Crippen LogP contribution in [0.2, 0.25) is 5.02 Å². The molecule has 0 fully saturated rings. The van der Waals surface area contributed by atoms with E-state index in [4.69, 9.17) is 11.6 Å². The Morgan fingerprint density at radius 2 is 1.90 bits per heavy atom. The molecule has 0 saturated carbocycles. The molecule has 1 heterocycles. The fourth-order valence-corrected chi connectivity index (χ4v) is 3.59. The average Bonchev–Trinajstić information content (AvgIpc) is 3.07. The second-order valence-corrected chi connectivity index (χ2v) is 7.76. The summed E-state index contributed by atoms with van der Waals surface area (Å²) in [6.45, 7) is 2.10. The molecule has 3 rings (SSSR count). The van der Waals surface area contributed by atoms with Crippen LogP contribution in [-0.4, -0.2) is 27.9 Å². The summed E-state index contributed by atoms with van der Waals surface area (Å²) in [5.74, 6) is -0.869. The smallest absolute Gasteiger partial charge is 0.365 e. The summed E-state index contributed by atoms with van der Waals surface area (Å²) in [6.07, 6.45) is -1.62. The third-order valence-corrected chi connectivity index (χ3v) is 5.30.